The second-order valence-electron chi connectivity index (χ2n) is 4.83. The van der Waals surface area contributed by atoms with Gasteiger partial charge in [0.15, 0.2) is 4.90 Å². The summed E-state index contributed by atoms with van der Waals surface area (Å²) in [6.07, 6.45) is 0.941. The molecule has 9 heteroatoms. The van der Waals surface area contributed by atoms with Crippen molar-refractivity contribution in [1.29, 1.82) is 0 Å². The number of anilines is 1. The number of para-hydroxylation sites is 1. The first kappa shape index (κ1) is 16.7. The lowest BCUT2D eigenvalue weighted by Gasteiger charge is -2.14. The van der Waals surface area contributed by atoms with E-state index in [1.807, 2.05) is 0 Å². The van der Waals surface area contributed by atoms with Crippen molar-refractivity contribution in [2.45, 2.75) is 18.7 Å². The quantitative estimate of drug-likeness (QED) is 0.662. The summed E-state index contributed by atoms with van der Waals surface area (Å²) in [5.74, 6) is -0.214. The van der Waals surface area contributed by atoms with Crippen LogP contribution < -0.4 is 9.46 Å². The average molecular weight is 337 g/mol. The number of aromatic nitrogens is 1. The number of ether oxygens (including phenoxy) is 1. The van der Waals surface area contributed by atoms with Crippen molar-refractivity contribution in [3.8, 4) is 5.88 Å². The van der Waals surface area contributed by atoms with Crippen LogP contribution in [-0.4, -0.2) is 25.4 Å². The van der Waals surface area contributed by atoms with Gasteiger partial charge in [0.05, 0.1) is 17.7 Å². The van der Waals surface area contributed by atoms with Crippen molar-refractivity contribution in [3.05, 3.63) is 51.7 Å². The second kappa shape index (κ2) is 6.21. The maximum Gasteiger partial charge on any atom is 0.289 e. The van der Waals surface area contributed by atoms with Crippen LogP contribution >= 0.6 is 0 Å². The van der Waals surface area contributed by atoms with E-state index in [1.165, 1.54) is 7.11 Å². The minimum absolute atomic E-state index is 0.214. The zero-order valence-electron chi connectivity index (χ0n) is 12.7. The van der Waals surface area contributed by atoms with Gasteiger partial charge in [-0.2, -0.15) is 0 Å². The predicted octanol–water partition coefficient (Wildman–Crippen LogP) is 2.42. The lowest BCUT2D eigenvalue weighted by Crippen LogP contribution is -2.16. The predicted molar refractivity (Wildman–Crippen MR) is 84.2 cm³/mol. The molecule has 0 fully saturated rings. The molecule has 2 aromatic rings. The van der Waals surface area contributed by atoms with Crippen LogP contribution in [-0.2, 0) is 10.0 Å². The Hall–Kier alpha value is -2.68. The molecule has 1 N–H and O–H groups in total. The maximum absolute atomic E-state index is 12.6. The van der Waals surface area contributed by atoms with Gasteiger partial charge in [-0.3, -0.25) is 14.8 Å². The van der Waals surface area contributed by atoms with Crippen LogP contribution in [0, 0.1) is 24.0 Å². The Kier molecular flexibility index (Phi) is 4.50. The number of methoxy groups -OCH3 is 1. The first-order chi connectivity index (χ1) is 10.8. The van der Waals surface area contributed by atoms with Gasteiger partial charge in [0.25, 0.3) is 15.7 Å². The number of nitrogens with one attached hydrogen (secondary N) is 1. The highest BCUT2D eigenvalue weighted by molar-refractivity contribution is 7.92. The summed E-state index contributed by atoms with van der Waals surface area (Å²) in [6.45, 7) is 3.52. The highest BCUT2D eigenvalue weighted by atomic mass is 32.2. The van der Waals surface area contributed by atoms with Gasteiger partial charge >= 0.3 is 0 Å². The fourth-order valence-electron chi connectivity index (χ4n) is 2.03. The Morgan fingerprint density at radius 3 is 2.39 bits per heavy atom. The Labute approximate surface area is 133 Å². The van der Waals surface area contributed by atoms with Crippen LogP contribution in [0.3, 0.4) is 0 Å². The summed E-state index contributed by atoms with van der Waals surface area (Å²) < 4.78 is 32.6. The number of pyridine rings is 1. The first-order valence-electron chi connectivity index (χ1n) is 6.53. The van der Waals surface area contributed by atoms with Crippen molar-refractivity contribution in [2.75, 3.05) is 11.8 Å². The van der Waals surface area contributed by atoms with E-state index in [-0.39, 0.29) is 5.88 Å². The first-order valence-corrected chi connectivity index (χ1v) is 8.02. The number of sulfonamides is 1. The lowest BCUT2D eigenvalue weighted by atomic mass is 10.1. The summed E-state index contributed by atoms with van der Waals surface area (Å²) in [7, 11) is -2.86. The lowest BCUT2D eigenvalue weighted by molar-refractivity contribution is -0.385. The number of aryl methyl sites for hydroxylation is 2. The van der Waals surface area contributed by atoms with Gasteiger partial charge in [0.2, 0.25) is 5.88 Å². The standard InChI is InChI=1S/C14H15N3O5S/c1-9-5-4-6-10(2)13(9)16-23(20,21)12-7-11(17(18)19)8-15-14(12)22-3/h4-8,16H,1-3H3. The number of hydrogen-bond acceptors (Lipinski definition) is 6. The van der Waals surface area contributed by atoms with E-state index in [0.29, 0.717) is 5.69 Å². The van der Waals surface area contributed by atoms with Crippen LogP contribution in [0.1, 0.15) is 11.1 Å². The molecule has 8 nitrogen and oxygen atoms in total. The van der Waals surface area contributed by atoms with E-state index in [1.54, 1.807) is 32.0 Å². The highest BCUT2D eigenvalue weighted by Crippen LogP contribution is 2.29. The van der Waals surface area contributed by atoms with Gasteiger partial charge in [-0.25, -0.2) is 13.4 Å². The van der Waals surface area contributed by atoms with Crippen molar-refractivity contribution in [3.63, 3.8) is 0 Å². The topological polar surface area (TPSA) is 111 Å². The summed E-state index contributed by atoms with van der Waals surface area (Å²) in [5, 5.41) is 10.9. The Morgan fingerprint density at radius 2 is 1.87 bits per heavy atom. The van der Waals surface area contributed by atoms with E-state index in [9.17, 15) is 18.5 Å². The number of rotatable bonds is 5. The fourth-order valence-corrected chi connectivity index (χ4v) is 3.37. The third kappa shape index (κ3) is 3.39. The second-order valence-corrected chi connectivity index (χ2v) is 6.48. The van der Waals surface area contributed by atoms with Crippen molar-refractivity contribution < 1.29 is 18.1 Å². The van der Waals surface area contributed by atoms with Gasteiger partial charge in [-0.15, -0.1) is 0 Å². The van der Waals surface area contributed by atoms with Gasteiger partial charge in [0.1, 0.15) is 6.20 Å². The largest absolute Gasteiger partial charge is 0.480 e. The van der Waals surface area contributed by atoms with E-state index < -0.39 is 25.5 Å². The third-order valence-corrected chi connectivity index (χ3v) is 4.56. The minimum atomic E-state index is -4.10. The van der Waals surface area contributed by atoms with Crippen LogP contribution in [0.25, 0.3) is 0 Å². The molecule has 0 amide bonds. The zero-order valence-corrected chi connectivity index (χ0v) is 13.5. The highest BCUT2D eigenvalue weighted by Gasteiger charge is 2.25. The average Bonchev–Trinajstić information content (AvgIpc) is 2.50. The van der Waals surface area contributed by atoms with E-state index in [0.717, 1.165) is 23.4 Å². The van der Waals surface area contributed by atoms with Gasteiger partial charge in [0, 0.05) is 6.07 Å². The van der Waals surface area contributed by atoms with Crippen molar-refractivity contribution in [2.24, 2.45) is 0 Å². The molecule has 0 atom stereocenters. The summed E-state index contributed by atoms with van der Waals surface area (Å²) in [5.41, 5.74) is 1.44. The molecular formula is C14H15N3O5S. The van der Waals surface area contributed by atoms with E-state index >= 15 is 0 Å². The normalized spacial score (nSPS) is 11.1. The molecular weight excluding hydrogens is 322 g/mol. The summed E-state index contributed by atoms with van der Waals surface area (Å²) >= 11 is 0. The van der Waals surface area contributed by atoms with Crippen molar-refractivity contribution in [1.82, 2.24) is 4.98 Å². The fraction of sp³-hybridized carbons (Fsp3) is 0.214. The Balaban J connectivity index is 2.55. The Morgan fingerprint density at radius 1 is 1.26 bits per heavy atom. The molecule has 1 aromatic heterocycles. The molecule has 122 valence electrons. The van der Waals surface area contributed by atoms with Crippen LogP contribution in [0.15, 0.2) is 35.4 Å². The molecule has 1 aromatic carbocycles. The smallest absolute Gasteiger partial charge is 0.289 e. The molecule has 0 aliphatic rings. The number of nitrogens with zero attached hydrogens (tertiary/aromatic N) is 2. The van der Waals surface area contributed by atoms with E-state index in [4.69, 9.17) is 4.74 Å². The molecule has 2 rings (SSSR count). The number of benzene rings is 1. The van der Waals surface area contributed by atoms with Crippen LogP contribution in [0.2, 0.25) is 0 Å². The monoisotopic (exact) mass is 337 g/mol. The SMILES string of the molecule is COc1ncc([N+](=O)[O-])cc1S(=O)(=O)Nc1c(C)cccc1C. The number of nitro groups is 1. The van der Waals surface area contributed by atoms with Crippen LogP contribution in [0.5, 0.6) is 5.88 Å². The Bertz CT molecular complexity index is 844. The van der Waals surface area contributed by atoms with Crippen LogP contribution in [0.4, 0.5) is 11.4 Å². The minimum Gasteiger partial charge on any atom is -0.480 e. The number of hydrogen-bond donors (Lipinski definition) is 1. The molecule has 0 aliphatic carbocycles. The molecule has 23 heavy (non-hydrogen) atoms. The van der Waals surface area contributed by atoms with Gasteiger partial charge in [-0.05, 0) is 25.0 Å². The van der Waals surface area contributed by atoms with Crippen molar-refractivity contribution >= 4 is 21.4 Å². The summed E-state index contributed by atoms with van der Waals surface area (Å²) in [4.78, 5) is 13.4. The molecule has 1 heterocycles. The summed E-state index contributed by atoms with van der Waals surface area (Å²) in [6, 6.07) is 6.24. The molecule has 0 radical (unpaired) electrons. The van der Waals surface area contributed by atoms with E-state index in [2.05, 4.69) is 9.71 Å². The molecule has 0 saturated carbocycles. The molecule has 0 saturated heterocycles. The maximum atomic E-state index is 12.6. The zero-order chi connectivity index (χ0) is 17.2. The third-order valence-electron chi connectivity index (χ3n) is 3.22. The van der Waals surface area contributed by atoms with Gasteiger partial charge in [-0.1, -0.05) is 18.2 Å². The molecule has 0 bridgehead atoms. The molecule has 0 unspecified atom stereocenters. The molecule has 0 aliphatic heterocycles. The molecule has 0 spiro atoms. The van der Waals surface area contributed by atoms with Gasteiger partial charge < -0.3 is 4.74 Å².